The fraction of sp³-hybridized carbons (Fsp3) is 0.200. The van der Waals surface area contributed by atoms with Crippen LogP contribution in [0.1, 0.15) is 11.1 Å². The lowest BCUT2D eigenvalue weighted by molar-refractivity contribution is -0.113. The second-order valence-electron chi connectivity index (χ2n) is 6.21. The smallest absolute Gasteiger partial charge is 0.234 e. The van der Waals surface area contributed by atoms with E-state index in [1.165, 1.54) is 17.3 Å². The Bertz CT molecular complexity index is 1000. The molecule has 4 rings (SSSR count). The van der Waals surface area contributed by atoms with Crippen molar-refractivity contribution in [1.82, 2.24) is 4.98 Å². The fourth-order valence-corrected chi connectivity index (χ4v) is 3.62. The molecule has 0 aliphatic carbocycles. The molecule has 0 saturated carbocycles. The molecule has 2 heterocycles. The topological polar surface area (TPSA) is 60.5 Å². The van der Waals surface area contributed by atoms with E-state index in [0.717, 1.165) is 21.5 Å². The molecule has 5 nitrogen and oxygen atoms in total. The van der Waals surface area contributed by atoms with Crippen LogP contribution in [-0.2, 0) is 4.79 Å². The van der Waals surface area contributed by atoms with E-state index >= 15 is 0 Å². The number of benzene rings is 2. The standard InChI is InChI=1S/C20H18N2O3S/c1-12-3-5-16-14(7-12)8-13(2)20(22-16)26-10-19(23)21-15-4-6-17-18(9-15)25-11-24-17/h3-9H,10-11H2,1-2H3,(H,21,23). The fourth-order valence-electron chi connectivity index (χ4n) is 2.84. The Balaban J connectivity index is 1.43. The number of thioether (sulfide) groups is 1. The molecule has 0 saturated heterocycles. The van der Waals surface area contributed by atoms with E-state index in [0.29, 0.717) is 22.9 Å². The minimum Gasteiger partial charge on any atom is -0.454 e. The summed E-state index contributed by atoms with van der Waals surface area (Å²) in [5.41, 5.74) is 3.92. The molecule has 0 atom stereocenters. The highest BCUT2D eigenvalue weighted by Crippen LogP contribution is 2.34. The van der Waals surface area contributed by atoms with Crippen molar-refractivity contribution >= 4 is 34.3 Å². The summed E-state index contributed by atoms with van der Waals surface area (Å²) in [7, 11) is 0. The van der Waals surface area contributed by atoms with Crippen LogP contribution in [0.5, 0.6) is 11.5 Å². The normalized spacial score (nSPS) is 12.4. The third kappa shape index (κ3) is 3.46. The second-order valence-corrected chi connectivity index (χ2v) is 7.18. The number of carbonyl (C=O) groups is 1. The molecule has 1 N–H and O–H groups in total. The average Bonchev–Trinajstić information content (AvgIpc) is 3.07. The molecule has 0 spiro atoms. The Morgan fingerprint density at radius 3 is 2.85 bits per heavy atom. The first-order valence-electron chi connectivity index (χ1n) is 8.29. The summed E-state index contributed by atoms with van der Waals surface area (Å²) in [5.74, 6) is 1.56. The number of amides is 1. The van der Waals surface area contributed by atoms with Crippen LogP contribution < -0.4 is 14.8 Å². The van der Waals surface area contributed by atoms with E-state index in [4.69, 9.17) is 9.47 Å². The Hall–Kier alpha value is -2.73. The quantitative estimate of drug-likeness (QED) is 0.697. The zero-order valence-corrected chi connectivity index (χ0v) is 15.4. The molecule has 1 aliphatic rings. The van der Waals surface area contributed by atoms with Gasteiger partial charge in [-0.05, 0) is 49.7 Å². The molecule has 132 valence electrons. The van der Waals surface area contributed by atoms with Gasteiger partial charge in [-0.15, -0.1) is 0 Å². The average molecular weight is 366 g/mol. The van der Waals surface area contributed by atoms with Gasteiger partial charge in [-0.2, -0.15) is 0 Å². The van der Waals surface area contributed by atoms with Crippen LogP contribution in [0.2, 0.25) is 0 Å². The van der Waals surface area contributed by atoms with Crippen molar-refractivity contribution < 1.29 is 14.3 Å². The number of anilines is 1. The van der Waals surface area contributed by atoms with E-state index in [1.54, 1.807) is 18.2 Å². The van der Waals surface area contributed by atoms with Crippen LogP contribution in [0.25, 0.3) is 10.9 Å². The Labute approximate surface area is 155 Å². The van der Waals surface area contributed by atoms with E-state index in [1.807, 2.05) is 19.1 Å². The van der Waals surface area contributed by atoms with E-state index in [2.05, 4.69) is 29.4 Å². The zero-order valence-electron chi connectivity index (χ0n) is 14.5. The number of nitrogens with zero attached hydrogens (tertiary/aromatic N) is 1. The molecular weight excluding hydrogens is 348 g/mol. The van der Waals surface area contributed by atoms with Gasteiger partial charge in [0, 0.05) is 17.1 Å². The van der Waals surface area contributed by atoms with Crippen molar-refractivity contribution in [2.75, 3.05) is 17.9 Å². The van der Waals surface area contributed by atoms with E-state index in [-0.39, 0.29) is 12.7 Å². The number of ether oxygens (including phenoxy) is 2. The summed E-state index contributed by atoms with van der Waals surface area (Å²) in [6.07, 6.45) is 0. The summed E-state index contributed by atoms with van der Waals surface area (Å²) in [6.45, 7) is 4.31. The van der Waals surface area contributed by atoms with Crippen molar-refractivity contribution in [2.45, 2.75) is 18.9 Å². The number of rotatable bonds is 4. The summed E-state index contributed by atoms with van der Waals surface area (Å²) >= 11 is 1.44. The number of fused-ring (bicyclic) bond motifs is 2. The van der Waals surface area contributed by atoms with Crippen LogP contribution in [0.15, 0.2) is 47.5 Å². The lowest BCUT2D eigenvalue weighted by atomic mass is 10.1. The van der Waals surface area contributed by atoms with Crippen molar-refractivity contribution in [3.8, 4) is 11.5 Å². The lowest BCUT2D eigenvalue weighted by Gasteiger charge is -2.09. The molecule has 3 aromatic rings. The Morgan fingerprint density at radius 2 is 1.96 bits per heavy atom. The molecule has 0 fully saturated rings. The van der Waals surface area contributed by atoms with Crippen LogP contribution in [0, 0.1) is 13.8 Å². The molecule has 0 unspecified atom stereocenters. The third-order valence-corrected chi connectivity index (χ3v) is 5.20. The first kappa shape index (κ1) is 16.7. The van der Waals surface area contributed by atoms with Gasteiger partial charge in [0.2, 0.25) is 12.7 Å². The van der Waals surface area contributed by atoms with Crippen molar-refractivity contribution in [1.29, 1.82) is 0 Å². The summed E-state index contributed by atoms with van der Waals surface area (Å²) in [4.78, 5) is 17.0. The number of hydrogen-bond donors (Lipinski definition) is 1. The van der Waals surface area contributed by atoms with Gasteiger partial charge in [-0.25, -0.2) is 4.98 Å². The van der Waals surface area contributed by atoms with Crippen molar-refractivity contribution in [2.24, 2.45) is 0 Å². The Kier molecular flexibility index (Phi) is 4.42. The molecule has 1 aliphatic heterocycles. The number of nitrogens with one attached hydrogen (secondary N) is 1. The van der Waals surface area contributed by atoms with Crippen LogP contribution in [-0.4, -0.2) is 23.4 Å². The second kappa shape index (κ2) is 6.88. The molecule has 0 bridgehead atoms. The molecule has 6 heteroatoms. The number of pyridine rings is 1. The predicted octanol–water partition coefficient (Wildman–Crippen LogP) is 4.31. The monoisotopic (exact) mass is 366 g/mol. The first-order chi connectivity index (χ1) is 12.6. The number of carbonyl (C=O) groups excluding carboxylic acids is 1. The van der Waals surface area contributed by atoms with Gasteiger partial charge in [0.1, 0.15) is 5.03 Å². The highest BCUT2D eigenvalue weighted by atomic mass is 32.2. The maximum Gasteiger partial charge on any atom is 0.234 e. The maximum absolute atomic E-state index is 12.3. The van der Waals surface area contributed by atoms with Gasteiger partial charge < -0.3 is 14.8 Å². The van der Waals surface area contributed by atoms with Gasteiger partial charge in [0.25, 0.3) is 0 Å². The largest absolute Gasteiger partial charge is 0.454 e. The number of hydrogen-bond acceptors (Lipinski definition) is 5. The van der Waals surface area contributed by atoms with Crippen LogP contribution in [0.4, 0.5) is 5.69 Å². The molecule has 26 heavy (non-hydrogen) atoms. The summed E-state index contributed by atoms with van der Waals surface area (Å²) in [5, 5.41) is 4.88. The van der Waals surface area contributed by atoms with Gasteiger partial charge in [0.05, 0.1) is 11.3 Å². The highest BCUT2D eigenvalue weighted by Gasteiger charge is 2.14. The van der Waals surface area contributed by atoms with E-state index < -0.39 is 0 Å². The van der Waals surface area contributed by atoms with Crippen molar-refractivity contribution in [3.63, 3.8) is 0 Å². The SMILES string of the molecule is Cc1ccc2nc(SCC(=O)Nc3ccc4c(c3)OCO4)c(C)cc2c1. The van der Waals surface area contributed by atoms with Crippen LogP contribution in [0.3, 0.4) is 0 Å². The molecular formula is C20H18N2O3S. The van der Waals surface area contributed by atoms with Gasteiger partial charge >= 0.3 is 0 Å². The number of aryl methyl sites for hydroxylation is 2. The van der Waals surface area contributed by atoms with Gasteiger partial charge in [0.15, 0.2) is 11.5 Å². The minimum atomic E-state index is -0.0842. The Morgan fingerprint density at radius 1 is 1.12 bits per heavy atom. The molecule has 2 aromatic carbocycles. The molecule has 1 amide bonds. The van der Waals surface area contributed by atoms with Crippen LogP contribution >= 0.6 is 11.8 Å². The van der Waals surface area contributed by atoms with E-state index in [9.17, 15) is 4.79 Å². The number of aromatic nitrogens is 1. The summed E-state index contributed by atoms with van der Waals surface area (Å²) in [6, 6.07) is 13.7. The van der Waals surface area contributed by atoms with Gasteiger partial charge in [-0.3, -0.25) is 4.79 Å². The lowest BCUT2D eigenvalue weighted by Crippen LogP contribution is -2.14. The summed E-state index contributed by atoms with van der Waals surface area (Å²) < 4.78 is 10.6. The predicted molar refractivity (Wildman–Crippen MR) is 103 cm³/mol. The van der Waals surface area contributed by atoms with Crippen molar-refractivity contribution in [3.05, 3.63) is 53.6 Å². The highest BCUT2D eigenvalue weighted by molar-refractivity contribution is 8.00. The maximum atomic E-state index is 12.3. The molecule has 1 aromatic heterocycles. The third-order valence-electron chi connectivity index (χ3n) is 4.11. The minimum absolute atomic E-state index is 0.0842. The van der Waals surface area contributed by atoms with Gasteiger partial charge in [-0.1, -0.05) is 23.4 Å². The first-order valence-corrected chi connectivity index (χ1v) is 9.27. The molecule has 0 radical (unpaired) electrons. The zero-order chi connectivity index (χ0) is 18.1.